The predicted molar refractivity (Wildman–Crippen MR) is 368 cm³/mol. The van der Waals surface area contributed by atoms with Gasteiger partial charge in [-0.15, -0.1) is 0 Å². The summed E-state index contributed by atoms with van der Waals surface area (Å²) in [5.41, 5.74) is 0. The molecule has 3 aliphatic heterocycles. The number of unbranched alkanes of at least 4 members (excludes halogenated alkanes) is 7. The van der Waals surface area contributed by atoms with E-state index in [-0.39, 0.29) is 12.3 Å². The SMILES string of the molecule is CC/C=C\C/C=C\C/C=C\C/C=C\C/C=C\C/C=C\C/C=C\C/C=C\C/C=C\C/C=C\C/C=C\C/C=C\CCCCCCC(=O)NC(COC1OC(CO)C(OC2OC(CO)C(OC3OC(CO)C(O)C(O)C3O)C(O)C2O)C(O)C1O)C(O)/C=C/CC/C=C/CCCC. The molecule has 0 radical (unpaired) electrons. The smallest absolute Gasteiger partial charge is 0.220 e. The highest BCUT2D eigenvalue weighted by Gasteiger charge is 2.53. The molecule has 12 N–H and O–H groups in total. The second-order valence-electron chi connectivity index (χ2n) is 23.5. The summed E-state index contributed by atoms with van der Waals surface area (Å²) in [7, 11) is 0. The van der Waals surface area contributed by atoms with Crippen molar-refractivity contribution in [3.05, 3.63) is 170 Å². The van der Waals surface area contributed by atoms with E-state index in [1.54, 1.807) is 12.2 Å². The highest BCUT2D eigenvalue weighted by atomic mass is 16.8. The Morgan fingerprint density at radius 3 is 1.18 bits per heavy atom. The molecule has 17 unspecified atom stereocenters. The first-order valence-electron chi connectivity index (χ1n) is 34.4. The van der Waals surface area contributed by atoms with Gasteiger partial charge in [-0.2, -0.15) is 0 Å². The van der Waals surface area contributed by atoms with Crippen molar-refractivity contribution in [3.63, 3.8) is 0 Å². The first-order chi connectivity index (χ1) is 45.8. The summed E-state index contributed by atoms with van der Waals surface area (Å²) in [6, 6.07) is -1.01. The van der Waals surface area contributed by atoms with E-state index in [1.165, 1.54) is 0 Å². The molecule has 3 rings (SSSR count). The molecule has 0 aliphatic carbocycles. The Morgan fingerprint density at radius 2 is 0.745 bits per heavy atom. The van der Waals surface area contributed by atoms with Crippen molar-refractivity contribution in [2.24, 2.45) is 0 Å². The van der Waals surface area contributed by atoms with E-state index in [9.17, 15) is 61.0 Å². The van der Waals surface area contributed by atoms with Crippen LogP contribution in [0.3, 0.4) is 0 Å². The Kier molecular flexibility index (Phi) is 48.1. The molecule has 3 saturated heterocycles. The number of hydrogen-bond donors (Lipinski definition) is 12. The third kappa shape index (κ3) is 35.4. The zero-order chi connectivity index (χ0) is 68.2. The van der Waals surface area contributed by atoms with Crippen molar-refractivity contribution in [1.82, 2.24) is 5.32 Å². The van der Waals surface area contributed by atoms with Gasteiger partial charge in [0.25, 0.3) is 0 Å². The average Bonchev–Trinajstić information content (AvgIpc) is 0.834. The van der Waals surface area contributed by atoms with Crippen molar-refractivity contribution < 1.29 is 89.4 Å². The number of ether oxygens (including phenoxy) is 6. The van der Waals surface area contributed by atoms with Crippen molar-refractivity contribution >= 4 is 5.91 Å². The summed E-state index contributed by atoms with van der Waals surface area (Å²) in [4.78, 5) is 13.3. The quantitative estimate of drug-likeness (QED) is 0.0200. The van der Waals surface area contributed by atoms with Crippen LogP contribution in [0.5, 0.6) is 0 Å². The maximum absolute atomic E-state index is 13.3. The summed E-state index contributed by atoms with van der Waals surface area (Å²) >= 11 is 0. The van der Waals surface area contributed by atoms with Crippen LogP contribution < -0.4 is 5.32 Å². The highest BCUT2D eigenvalue weighted by Crippen LogP contribution is 2.33. The maximum Gasteiger partial charge on any atom is 0.220 e. The molecule has 0 aromatic rings. The van der Waals surface area contributed by atoms with E-state index >= 15 is 0 Å². The molecule has 0 spiro atoms. The summed E-state index contributed by atoms with van der Waals surface area (Å²) < 4.78 is 34.1. The Morgan fingerprint density at radius 1 is 0.394 bits per heavy atom. The van der Waals surface area contributed by atoms with Gasteiger partial charge in [-0.25, -0.2) is 0 Å². The summed E-state index contributed by atoms with van der Waals surface area (Å²) in [6.07, 6.45) is 53.9. The molecule has 94 heavy (non-hydrogen) atoms. The monoisotopic (exact) mass is 1320 g/mol. The molecule has 0 aromatic carbocycles. The standard InChI is InChI=1S/C75H117NO18/c1-3-5-7-9-11-13-14-15-16-17-18-19-20-21-22-23-24-25-26-27-28-29-30-31-32-33-34-35-36-37-38-39-40-41-42-43-44-45-47-49-51-53-63(81)76-58(59(80)52-50-48-46-12-10-8-6-4-2)57-89-73-69(87)66(84)71(61(55-78)91-73)94-75-70(88)67(85)72(62(56-79)92-75)93-74-68(86)65(83)64(82)60(54-77)90-74/h5,7,10-13,15-16,18-19,21-22,24-25,27-28,30-31,33-34,36-37,39-40,42-43,50,52,58-62,64-75,77-80,82-88H,3-4,6,8-9,14,17,20,23,26,29,32,35,38,41,44-49,51,53-57H2,1-2H3,(H,76,81)/b7-5-,12-10+,13-11-,16-15-,19-18-,22-21-,25-24-,28-27-,31-30-,34-33-,37-36-,40-39-,43-42-,52-50+. The van der Waals surface area contributed by atoms with Gasteiger partial charge in [0.15, 0.2) is 18.9 Å². The summed E-state index contributed by atoms with van der Waals surface area (Å²) in [6.45, 7) is 1.44. The Bertz CT molecular complexity index is 2370. The summed E-state index contributed by atoms with van der Waals surface area (Å²) in [5, 5.41) is 120. The van der Waals surface area contributed by atoms with Gasteiger partial charge in [0.05, 0.1) is 38.6 Å². The van der Waals surface area contributed by atoms with Crippen molar-refractivity contribution in [3.8, 4) is 0 Å². The number of carbonyl (C=O) groups is 1. The molecule has 3 heterocycles. The van der Waals surface area contributed by atoms with Crippen LogP contribution in [0, 0.1) is 0 Å². The first-order valence-corrected chi connectivity index (χ1v) is 34.4. The Labute approximate surface area is 560 Å². The molecule has 0 bridgehead atoms. The van der Waals surface area contributed by atoms with Gasteiger partial charge in [-0.3, -0.25) is 4.79 Å². The van der Waals surface area contributed by atoms with Gasteiger partial charge in [0.2, 0.25) is 5.91 Å². The largest absolute Gasteiger partial charge is 0.394 e. The second-order valence-corrected chi connectivity index (χ2v) is 23.5. The van der Waals surface area contributed by atoms with E-state index in [1.807, 2.05) is 0 Å². The highest BCUT2D eigenvalue weighted by molar-refractivity contribution is 5.76. The molecular weight excluding hydrogens is 1200 g/mol. The number of aliphatic hydroxyl groups is 11. The molecule has 19 heteroatoms. The van der Waals surface area contributed by atoms with Gasteiger partial charge < -0.3 is 89.9 Å². The molecule has 0 saturated carbocycles. The van der Waals surface area contributed by atoms with Crippen molar-refractivity contribution in [2.45, 2.75) is 266 Å². The normalized spacial score (nSPS) is 28.5. The lowest BCUT2D eigenvalue weighted by molar-refractivity contribution is -0.379. The molecule has 0 aromatic heterocycles. The van der Waals surface area contributed by atoms with Crippen LogP contribution >= 0.6 is 0 Å². The van der Waals surface area contributed by atoms with E-state index in [0.29, 0.717) is 12.8 Å². The average molecular weight is 1320 g/mol. The number of aliphatic hydroxyl groups excluding tert-OH is 11. The lowest BCUT2D eigenvalue weighted by Gasteiger charge is -2.48. The molecular formula is C75H117NO18. The molecule has 1 amide bonds. The minimum atomic E-state index is -1.99. The fourth-order valence-corrected chi connectivity index (χ4v) is 10.2. The van der Waals surface area contributed by atoms with Crippen molar-refractivity contribution in [1.29, 1.82) is 0 Å². The predicted octanol–water partition coefficient (Wildman–Crippen LogP) is 9.10. The summed E-state index contributed by atoms with van der Waals surface area (Å²) in [5.74, 6) is -0.323. The number of rotatable bonds is 49. The van der Waals surface area contributed by atoms with Gasteiger partial charge in [-0.05, 0) is 116 Å². The first kappa shape index (κ1) is 83.4. The zero-order valence-electron chi connectivity index (χ0n) is 55.8. The minimum Gasteiger partial charge on any atom is -0.394 e. The van der Waals surface area contributed by atoms with E-state index in [4.69, 9.17) is 28.4 Å². The second kappa shape index (κ2) is 54.2. The third-order valence-electron chi connectivity index (χ3n) is 15.7. The molecule has 3 fully saturated rings. The fraction of sp³-hybridized carbons (Fsp3) is 0.613. The number of allylic oxidation sites excluding steroid dienone is 27. The van der Waals surface area contributed by atoms with E-state index in [0.717, 1.165) is 128 Å². The lowest BCUT2D eigenvalue weighted by Crippen LogP contribution is -2.66. The maximum atomic E-state index is 13.3. The molecule has 19 nitrogen and oxygen atoms in total. The van der Waals surface area contributed by atoms with Crippen LogP contribution in [0.15, 0.2) is 170 Å². The van der Waals surface area contributed by atoms with Gasteiger partial charge >= 0.3 is 0 Å². The van der Waals surface area contributed by atoms with Crippen LogP contribution in [-0.2, 0) is 33.2 Å². The topological polar surface area (TPSA) is 307 Å². The molecule has 3 aliphatic rings. The van der Waals surface area contributed by atoms with Crippen LogP contribution in [0.25, 0.3) is 0 Å². The van der Waals surface area contributed by atoms with Crippen LogP contribution in [-0.4, -0.2) is 193 Å². The third-order valence-corrected chi connectivity index (χ3v) is 15.7. The number of hydrogen-bond acceptors (Lipinski definition) is 18. The number of carbonyl (C=O) groups excluding carboxylic acids is 1. The van der Waals surface area contributed by atoms with E-state index < -0.39 is 131 Å². The van der Waals surface area contributed by atoms with Crippen LogP contribution in [0.1, 0.15) is 162 Å². The van der Waals surface area contributed by atoms with Gasteiger partial charge in [0, 0.05) is 6.42 Å². The molecule has 17 atom stereocenters. The van der Waals surface area contributed by atoms with Crippen LogP contribution in [0.4, 0.5) is 0 Å². The van der Waals surface area contributed by atoms with Gasteiger partial charge in [0.1, 0.15) is 73.2 Å². The lowest BCUT2D eigenvalue weighted by atomic mass is 9.96. The zero-order valence-corrected chi connectivity index (χ0v) is 55.8. The Balaban J connectivity index is 1.32. The van der Waals surface area contributed by atoms with Gasteiger partial charge in [-0.1, -0.05) is 210 Å². The fourth-order valence-electron chi connectivity index (χ4n) is 10.2. The minimum absolute atomic E-state index is 0.193. The Hall–Kier alpha value is -4.85. The van der Waals surface area contributed by atoms with E-state index in [2.05, 4.69) is 177 Å². The number of amides is 1. The van der Waals surface area contributed by atoms with Crippen LogP contribution in [0.2, 0.25) is 0 Å². The molecule has 530 valence electrons. The number of nitrogens with one attached hydrogen (secondary N) is 1. The van der Waals surface area contributed by atoms with Crippen molar-refractivity contribution in [2.75, 3.05) is 26.4 Å².